The first-order chi connectivity index (χ1) is 7.88. The molecule has 0 aliphatic rings. The molecule has 0 unspecified atom stereocenters. The minimum Gasteiger partial charge on any atom is -0.501 e. The molecular formula is C8H8N2O5S2. The van der Waals surface area contributed by atoms with Crippen LogP contribution in [0.2, 0.25) is 0 Å². The quantitative estimate of drug-likeness (QED) is 0.776. The molecule has 2 rings (SSSR count). The summed E-state index contributed by atoms with van der Waals surface area (Å²) >= 11 is 1.18. The molecular weight excluding hydrogens is 268 g/mol. The lowest BCUT2D eigenvalue weighted by Crippen LogP contribution is -2.08. The number of nitrogens with zero attached hydrogens (tertiary/aromatic N) is 1. The van der Waals surface area contributed by atoms with Gasteiger partial charge in [0.25, 0.3) is 5.88 Å². The first-order valence-electron chi connectivity index (χ1n) is 4.31. The van der Waals surface area contributed by atoms with Crippen LogP contribution in [0.3, 0.4) is 0 Å². The Morgan fingerprint density at radius 2 is 2.12 bits per heavy atom. The number of rotatable bonds is 3. The van der Waals surface area contributed by atoms with Crippen molar-refractivity contribution < 1.29 is 23.0 Å². The van der Waals surface area contributed by atoms with Crippen molar-refractivity contribution in [2.75, 3.05) is 11.0 Å². The van der Waals surface area contributed by atoms with Gasteiger partial charge in [0.05, 0.1) is 6.26 Å². The number of aromatic hydroxyl groups is 2. The number of nitrogens with one attached hydrogen (secondary N) is 1. The van der Waals surface area contributed by atoms with Crippen molar-refractivity contribution in [1.82, 2.24) is 4.98 Å². The fourth-order valence-corrected chi connectivity index (χ4v) is 2.22. The van der Waals surface area contributed by atoms with E-state index in [2.05, 4.69) is 4.98 Å². The summed E-state index contributed by atoms with van der Waals surface area (Å²) in [6, 6.07) is 0. The second-order valence-electron chi connectivity index (χ2n) is 3.17. The molecule has 3 N–H and O–H groups in total. The first kappa shape index (κ1) is 11.7. The normalized spacial score (nSPS) is 11.6. The molecule has 0 saturated heterocycles. The molecule has 2 heterocycles. The van der Waals surface area contributed by atoms with Gasteiger partial charge in [-0.1, -0.05) is 0 Å². The molecule has 2 aromatic rings. The number of thiazole rings is 1. The lowest BCUT2D eigenvalue weighted by molar-refractivity contribution is 0.410. The molecule has 2 aromatic heterocycles. The van der Waals surface area contributed by atoms with Crippen LogP contribution in [0.4, 0.5) is 5.88 Å². The maximum atomic E-state index is 11.0. The summed E-state index contributed by atoms with van der Waals surface area (Å²) in [6.45, 7) is 0. The molecule has 0 aliphatic carbocycles. The summed E-state index contributed by atoms with van der Waals surface area (Å²) in [5, 5.41) is 21.0. The highest BCUT2D eigenvalue weighted by atomic mass is 32.2. The standard InChI is InChI=1S/C8H8N2O5S2/c1-17(13,14)10-7-5(12)4(11)6(15-7)8-9-2-3-16-8/h2-3,10-12H,1H3. The van der Waals surface area contributed by atoms with Gasteiger partial charge in [0.15, 0.2) is 5.01 Å². The van der Waals surface area contributed by atoms with E-state index in [1.165, 1.54) is 17.5 Å². The molecule has 17 heavy (non-hydrogen) atoms. The molecule has 0 aromatic carbocycles. The van der Waals surface area contributed by atoms with E-state index >= 15 is 0 Å². The van der Waals surface area contributed by atoms with E-state index in [4.69, 9.17) is 4.42 Å². The molecule has 0 spiro atoms. The van der Waals surface area contributed by atoms with E-state index in [1.54, 1.807) is 5.38 Å². The fraction of sp³-hybridized carbons (Fsp3) is 0.125. The highest BCUT2D eigenvalue weighted by Gasteiger charge is 2.23. The zero-order chi connectivity index (χ0) is 12.6. The Labute approximate surface area is 100 Å². The predicted molar refractivity (Wildman–Crippen MR) is 61.6 cm³/mol. The zero-order valence-corrected chi connectivity index (χ0v) is 10.2. The Kier molecular flexibility index (Phi) is 2.71. The highest BCUT2D eigenvalue weighted by Crippen LogP contribution is 2.45. The Hall–Kier alpha value is -1.74. The number of hydrogen-bond acceptors (Lipinski definition) is 7. The Bertz CT molecular complexity index is 629. The minimum absolute atomic E-state index is 0.0800. The van der Waals surface area contributed by atoms with Crippen LogP contribution in [-0.4, -0.2) is 29.9 Å². The average Bonchev–Trinajstić information content (AvgIpc) is 2.80. The van der Waals surface area contributed by atoms with E-state index < -0.39 is 27.4 Å². The molecule has 7 nitrogen and oxygen atoms in total. The third kappa shape index (κ3) is 2.34. The molecule has 0 fully saturated rings. The maximum Gasteiger partial charge on any atom is 0.253 e. The minimum atomic E-state index is -3.60. The lowest BCUT2D eigenvalue weighted by Gasteiger charge is -1.98. The molecule has 9 heteroatoms. The van der Waals surface area contributed by atoms with Crippen LogP contribution in [0.25, 0.3) is 10.8 Å². The van der Waals surface area contributed by atoms with Crippen molar-refractivity contribution in [3.05, 3.63) is 11.6 Å². The van der Waals surface area contributed by atoms with Gasteiger partial charge in [-0.2, -0.15) is 0 Å². The van der Waals surface area contributed by atoms with Crippen LogP contribution in [0.5, 0.6) is 11.5 Å². The van der Waals surface area contributed by atoms with Gasteiger partial charge in [-0.25, -0.2) is 13.4 Å². The number of anilines is 1. The Morgan fingerprint density at radius 3 is 2.65 bits per heavy atom. The Balaban J connectivity index is 2.48. The molecule has 0 aliphatic heterocycles. The van der Waals surface area contributed by atoms with Crippen LogP contribution < -0.4 is 4.72 Å². The molecule has 92 valence electrons. The zero-order valence-electron chi connectivity index (χ0n) is 8.54. The SMILES string of the molecule is CS(=O)(=O)Nc1oc(-c2nccs2)c(O)c1O. The van der Waals surface area contributed by atoms with Crippen LogP contribution >= 0.6 is 11.3 Å². The topological polar surface area (TPSA) is 113 Å². The van der Waals surface area contributed by atoms with Crippen molar-refractivity contribution in [3.63, 3.8) is 0 Å². The van der Waals surface area contributed by atoms with Gasteiger partial charge in [-0.3, -0.25) is 4.72 Å². The van der Waals surface area contributed by atoms with Crippen LogP contribution in [0.1, 0.15) is 0 Å². The predicted octanol–water partition coefficient (Wildman–Crippen LogP) is 1.19. The van der Waals surface area contributed by atoms with Crippen molar-refractivity contribution in [2.24, 2.45) is 0 Å². The van der Waals surface area contributed by atoms with Gasteiger partial charge in [0.2, 0.25) is 27.3 Å². The van der Waals surface area contributed by atoms with Gasteiger partial charge >= 0.3 is 0 Å². The monoisotopic (exact) mass is 276 g/mol. The van der Waals surface area contributed by atoms with Gasteiger partial charge in [-0.15, -0.1) is 11.3 Å². The van der Waals surface area contributed by atoms with E-state index in [0.717, 1.165) is 6.26 Å². The van der Waals surface area contributed by atoms with Crippen LogP contribution in [0.15, 0.2) is 16.0 Å². The summed E-state index contributed by atoms with van der Waals surface area (Å²) in [6.07, 6.45) is 2.39. The van der Waals surface area contributed by atoms with Crippen molar-refractivity contribution in [2.45, 2.75) is 0 Å². The smallest absolute Gasteiger partial charge is 0.253 e. The molecule has 0 radical (unpaired) electrons. The van der Waals surface area contributed by atoms with Crippen molar-refractivity contribution in [1.29, 1.82) is 0 Å². The molecule has 0 bridgehead atoms. The van der Waals surface area contributed by atoms with Gasteiger partial charge in [0.1, 0.15) is 0 Å². The third-order valence-electron chi connectivity index (χ3n) is 1.76. The fourth-order valence-electron chi connectivity index (χ4n) is 1.13. The number of furan rings is 1. The van der Waals surface area contributed by atoms with Crippen LogP contribution in [-0.2, 0) is 10.0 Å². The second kappa shape index (κ2) is 3.93. The molecule has 0 saturated carbocycles. The van der Waals surface area contributed by atoms with E-state index in [9.17, 15) is 18.6 Å². The molecule has 0 atom stereocenters. The van der Waals surface area contributed by atoms with E-state index in [0.29, 0.717) is 5.01 Å². The van der Waals surface area contributed by atoms with E-state index in [1.807, 2.05) is 4.72 Å². The van der Waals surface area contributed by atoms with Gasteiger partial charge < -0.3 is 14.6 Å². The highest BCUT2D eigenvalue weighted by molar-refractivity contribution is 7.92. The van der Waals surface area contributed by atoms with Gasteiger partial charge in [-0.05, 0) is 0 Å². The van der Waals surface area contributed by atoms with Crippen molar-refractivity contribution in [3.8, 4) is 22.3 Å². The summed E-state index contributed by atoms with van der Waals surface area (Å²) in [4.78, 5) is 3.87. The third-order valence-corrected chi connectivity index (χ3v) is 3.09. The maximum absolute atomic E-state index is 11.0. The second-order valence-corrected chi connectivity index (χ2v) is 5.81. The van der Waals surface area contributed by atoms with Crippen LogP contribution in [0, 0.1) is 0 Å². The number of sulfonamides is 1. The lowest BCUT2D eigenvalue weighted by atomic mass is 10.4. The van der Waals surface area contributed by atoms with Crippen molar-refractivity contribution >= 4 is 27.2 Å². The number of hydrogen-bond donors (Lipinski definition) is 3. The summed E-state index contributed by atoms with van der Waals surface area (Å²) in [5.74, 6) is -1.73. The van der Waals surface area contributed by atoms with Gasteiger partial charge in [0, 0.05) is 11.6 Å². The molecule has 0 amide bonds. The summed E-state index contributed by atoms with van der Waals surface area (Å²) in [5.41, 5.74) is 0. The number of aromatic nitrogens is 1. The van der Waals surface area contributed by atoms with E-state index in [-0.39, 0.29) is 5.76 Å². The Morgan fingerprint density at radius 1 is 1.41 bits per heavy atom. The average molecular weight is 276 g/mol. The first-order valence-corrected chi connectivity index (χ1v) is 7.08. The summed E-state index contributed by atoms with van der Waals surface area (Å²) in [7, 11) is -3.60. The largest absolute Gasteiger partial charge is 0.501 e. The summed E-state index contributed by atoms with van der Waals surface area (Å²) < 4.78 is 28.9.